The van der Waals surface area contributed by atoms with Crippen LogP contribution < -0.4 is 10.0 Å². The van der Waals surface area contributed by atoms with E-state index >= 15 is 0 Å². The second-order valence-electron chi connectivity index (χ2n) is 6.13. The van der Waals surface area contributed by atoms with E-state index in [9.17, 15) is 13.5 Å². The van der Waals surface area contributed by atoms with Gasteiger partial charge in [0, 0.05) is 12.6 Å². The molecule has 0 bridgehead atoms. The molecule has 2 rings (SSSR count). The Hall–Kier alpha value is -0.170. The van der Waals surface area contributed by atoms with E-state index in [0.717, 1.165) is 51.5 Å². The number of aliphatic hydroxyl groups is 1. The molecule has 0 aromatic heterocycles. The quantitative estimate of drug-likeness (QED) is 0.616. The minimum Gasteiger partial charge on any atom is -0.390 e. The van der Waals surface area contributed by atoms with Gasteiger partial charge < -0.3 is 10.4 Å². The summed E-state index contributed by atoms with van der Waals surface area (Å²) in [6, 6.07) is 0.0959. The average Bonchev–Trinajstić information content (AvgIpc) is 3.12. The molecule has 5 nitrogen and oxygen atoms in total. The van der Waals surface area contributed by atoms with Gasteiger partial charge in [0.05, 0.1) is 10.9 Å². The van der Waals surface area contributed by atoms with Gasteiger partial charge in [-0.05, 0) is 45.6 Å². The summed E-state index contributed by atoms with van der Waals surface area (Å²) in [5.41, 5.74) is -0.486. The van der Waals surface area contributed by atoms with Gasteiger partial charge in [-0.3, -0.25) is 0 Å². The summed E-state index contributed by atoms with van der Waals surface area (Å²) in [6.07, 6.45) is 6.39. The third-order valence-electron chi connectivity index (χ3n) is 4.17. The molecule has 2 aliphatic carbocycles. The van der Waals surface area contributed by atoms with Crippen LogP contribution in [0, 0.1) is 0 Å². The Labute approximate surface area is 116 Å². The van der Waals surface area contributed by atoms with Crippen LogP contribution in [0.15, 0.2) is 0 Å². The van der Waals surface area contributed by atoms with Crippen LogP contribution in [-0.2, 0) is 10.0 Å². The lowest BCUT2D eigenvalue weighted by atomic mass is 9.98. The summed E-state index contributed by atoms with van der Waals surface area (Å²) >= 11 is 0. The molecule has 0 heterocycles. The topological polar surface area (TPSA) is 78.4 Å². The van der Waals surface area contributed by atoms with Crippen molar-refractivity contribution in [2.24, 2.45) is 0 Å². The fourth-order valence-corrected chi connectivity index (χ4v) is 4.12. The van der Waals surface area contributed by atoms with Crippen LogP contribution >= 0.6 is 0 Å². The van der Waals surface area contributed by atoms with E-state index < -0.39 is 15.6 Å². The molecule has 19 heavy (non-hydrogen) atoms. The molecule has 0 radical (unpaired) electrons. The Morgan fingerprint density at radius 1 is 1.32 bits per heavy atom. The van der Waals surface area contributed by atoms with Gasteiger partial charge >= 0.3 is 0 Å². The first-order valence-corrected chi connectivity index (χ1v) is 8.90. The third kappa shape index (κ3) is 4.70. The van der Waals surface area contributed by atoms with Crippen LogP contribution in [0.4, 0.5) is 0 Å². The van der Waals surface area contributed by atoms with Crippen molar-refractivity contribution in [3.63, 3.8) is 0 Å². The van der Waals surface area contributed by atoms with Crippen LogP contribution in [0.3, 0.4) is 0 Å². The van der Waals surface area contributed by atoms with E-state index in [1.165, 1.54) is 0 Å². The second kappa shape index (κ2) is 6.08. The molecule has 2 saturated carbocycles. The Kier molecular flexibility index (Phi) is 4.87. The average molecular weight is 290 g/mol. The first-order chi connectivity index (χ1) is 8.91. The fraction of sp³-hybridized carbons (Fsp3) is 1.00. The van der Waals surface area contributed by atoms with Crippen molar-refractivity contribution in [3.8, 4) is 0 Å². The van der Waals surface area contributed by atoms with E-state index in [0.29, 0.717) is 6.54 Å². The molecule has 0 spiro atoms. The summed E-state index contributed by atoms with van der Waals surface area (Å²) in [5.74, 6) is 0. The highest BCUT2D eigenvalue weighted by Crippen LogP contribution is 2.31. The summed E-state index contributed by atoms with van der Waals surface area (Å²) in [7, 11) is -3.07. The minimum absolute atomic E-state index is 0.0959. The van der Waals surface area contributed by atoms with Crippen molar-refractivity contribution in [3.05, 3.63) is 0 Å². The van der Waals surface area contributed by atoms with Crippen LogP contribution in [0.2, 0.25) is 0 Å². The van der Waals surface area contributed by atoms with E-state index in [1.807, 2.05) is 6.92 Å². The molecule has 6 heteroatoms. The Balaban J connectivity index is 1.60. The largest absolute Gasteiger partial charge is 0.390 e. The van der Waals surface area contributed by atoms with Crippen molar-refractivity contribution in [1.29, 1.82) is 0 Å². The van der Waals surface area contributed by atoms with Crippen LogP contribution in [-0.4, -0.2) is 43.5 Å². The maximum absolute atomic E-state index is 11.7. The lowest BCUT2D eigenvalue weighted by Crippen LogP contribution is -2.42. The molecule has 0 aromatic rings. The standard InChI is InChI=1S/C13H26N2O3S/c1-11(10-15-19(17,18)12-4-5-12)14-9-8-13(16)6-2-3-7-13/h11-12,14-16H,2-10H2,1H3. The van der Waals surface area contributed by atoms with Gasteiger partial charge in [0.15, 0.2) is 0 Å². The van der Waals surface area contributed by atoms with Gasteiger partial charge in [0.25, 0.3) is 0 Å². The van der Waals surface area contributed by atoms with E-state index in [2.05, 4.69) is 10.0 Å². The molecule has 2 fully saturated rings. The maximum Gasteiger partial charge on any atom is 0.214 e. The molecule has 0 saturated heterocycles. The first kappa shape index (κ1) is 15.2. The van der Waals surface area contributed by atoms with E-state index in [-0.39, 0.29) is 11.3 Å². The zero-order chi connectivity index (χ0) is 13.9. The zero-order valence-corrected chi connectivity index (χ0v) is 12.5. The fourth-order valence-electron chi connectivity index (χ4n) is 2.64. The predicted molar refractivity (Wildman–Crippen MR) is 75.4 cm³/mol. The van der Waals surface area contributed by atoms with Gasteiger partial charge in [0.2, 0.25) is 10.0 Å². The normalized spacial score (nSPS) is 24.5. The zero-order valence-electron chi connectivity index (χ0n) is 11.7. The molecule has 1 unspecified atom stereocenters. The van der Waals surface area contributed by atoms with Gasteiger partial charge in [-0.1, -0.05) is 12.8 Å². The van der Waals surface area contributed by atoms with Crippen LogP contribution in [0.5, 0.6) is 0 Å². The summed E-state index contributed by atoms with van der Waals surface area (Å²) < 4.78 is 26.0. The molecule has 0 aliphatic heterocycles. The highest BCUT2D eigenvalue weighted by molar-refractivity contribution is 7.90. The third-order valence-corrected chi connectivity index (χ3v) is 6.09. The van der Waals surface area contributed by atoms with Crippen molar-refractivity contribution in [2.45, 2.75) is 68.8 Å². The SMILES string of the molecule is CC(CNS(=O)(=O)C1CC1)NCCC1(O)CCCC1. The van der Waals surface area contributed by atoms with Gasteiger partial charge in [-0.15, -0.1) is 0 Å². The van der Waals surface area contributed by atoms with Crippen molar-refractivity contribution >= 4 is 10.0 Å². The highest BCUT2D eigenvalue weighted by Gasteiger charge is 2.35. The summed E-state index contributed by atoms with van der Waals surface area (Å²) in [4.78, 5) is 0. The second-order valence-corrected chi connectivity index (χ2v) is 8.17. The van der Waals surface area contributed by atoms with Crippen LogP contribution in [0.25, 0.3) is 0 Å². The Morgan fingerprint density at radius 2 is 1.95 bits per heavy atom. The molecule has 0 aromatic carbocycles. The molecular formula is C13H26N2O3S. The smallest absolute Gasteiger partial charge is 0.214 e. The number of hydrogen-bond acceptors (Lipinski definition) is 4. The predicted octanol–water partition coefficient (Wildman–Crippen LogP) is 0.741. The Bertz CT molecular complexity index is 387. The number of rotatable bonds is 8. The first-order valence-electron chi connectivity index (χ1n) is 7.36. The van der Waals surface area contributed by atoms with Crippen molar-refractivity contribution in [1.82, 2.24) is 10.0 Å². The lowest BCUT2D eigenvalue weighted by Gasteiger charge is -2.23. The maximum atomic E-state index is 11.7. The van der Waals surface area contributed by atoms with E-state index in [4.69, 9.17) is 0 Å². The van der Waals surface area contributed by atoms with Gasteiger partial charge in [-0.2, -0.15) is 0 Å². The highest BCUT2D eigenvalue weighted by atomic mass is 32.2. The van der Waals surface area contributed by atoms with Gasteiger partial charge in [0.1, 0.15) is 0 Å². The van der Waals surface area contributed by atoms with E-state index in [1.54, 1.807) is 0 Å². The molecule has 0 amide bonds. The van der Waals surface area contributed by atoms with Gasteiger partial charge in [-0.25, -0.2) is 13.1 Å². The Morgan fingerprint density at radius 3 is 2.53 bits per heavy atom. The minimum atomic E-state index is -3.07. The van der Waals surface area contributed by atoms with Crippen molar-refractivity contribution < 1.29 is 13.5 Å². The number of sulfonamides is 1. The monoisotopic (exact) mass is 290 g/mol. The molecule has 2 aliphatic rings. The number of hydrogen-bond donors (Lipinski definition) is 3. The summed E-state index contributed by atoms with van der Waals surface area (Å²) in [6.45, 7) is 3.13. The summed E-state index contributed by atoms with van der Waals surface area (Å²) in [5, 5.41) is 13.3. The molecular weight excluding hydrogens is 264 g/mol. The van der Waals surface area contributed by atoms with Crippen molar-refractivity contribution in [2.75, 3.05) is 13.1 Å². The lowest BCUT2D eigenvalue weighted by molar-refractivity contribution is 0.0386. The van der Waals surface area contributed by atoms with Crippen LogP contribution in [0.1, 0.15) is 51.9 Å². The molecule has 3 N–H and O–H groups in total. The molecule has 1 atom stereocenters. The number of nitrogens with one attached hydrogen (secondary N) is 2. The molecule has 112 valence electrons.